The van der Waals surface area contributed by atoms with Crippen LogP contribution in [-0.4, -0.2) is 9.55 Å². The van der Waals surface area contributed by atoms with Crippen molar-refractivity contribution in [3.63, 3.8) is 0 Å². The van der Waals surface area contributed by atoms with Crippen LogP contribution in [0.25, 0.3) is 61.0 Å². The molecule has 0 bridgehead atoms. The first kappa shape index (κ1) is 26.7. The van der Waals surface area contributed by atoms with Crippen molar-refractivity contribution in [2.75, 3.05) is 5.32 Å². The van der Waals surface area contributed by atoms with Gasteiger partial charge in [-0.25, -0.2) is 4.98 Å². The van der Waals surface area contributed by atoms with Gasteiger partial charge in [0, 0.05) is 33.3 Å². The fourth-order valence-electron chi connectivity index (χ4n) is 6.39. The van der Waals surface area contributed by atoms with Crippen molar-refractivity contribution >= 4 is 33.3 Å². The SMILES string of the molecule is Cc1cc2c3ccccc3n(-c3cccc(-c4ccccc4)c3)c2cc1-c1ccccc1Nc1cccc(-c2ccccc2)n1. The van der Waals surface area contributed by atoms with Crippen LogP contribution in [0, 0.1) is 6.92 Å². The predicted octanol–water partition coefficient (Wildman–Crippen LogP) is 11.2. The van der Waals surface area contributed by atoms with Crippen LogP contribution in [0.2, 0.25) is 0 Å². The Morgan fingerprint density at radius 3 is 2.02 bits per heavy atom. The largest absolute Gasteiger partial charge is 0.340 e. The quantitative estimate of drug-likeness (QED) is 0.213. The first-order valence-corrected chi connectivity index (χ1v) is 15.3. The summed E-state index contributed by atoms with van der Waals surface area (Å²) >= 11 is 0. The van der Waals surface area contributed by atoms with E-state index in [1.807, 2.05) is 24.3 Å². The third-order valence-corrected chi connectivity index (χ3v) is 8.53. The molecule has 0 aliphatic carbocycles. The van der Waals surface area contributed by atoms with Gasteiger partial charge in [0.15, 0.2) is 0 Å². The lowest BCUT2D eigenvalue weighted by Gasteiger charge is -2.16. The number of aryl methyl sites for hydroxylation is 1. The van der Waals surface area contributed by atoms with E-state index in [0.29, 0.717) is 0 Å². The molecule has 0 saturated heterocycles. The molecule has 1 N–H and O–H groups in total. The molecular weight excluding hydrogens is 546 g/mol. The molecule has 0 aliphatic heterocycles. The number of nitrogens with one attached hydrogen (secondary N) is 1. The Hall–Kier alpha value is -5.93. The molecule has 0 atom stereocenters. The minimum atomic E-state index is 0.814. The Kier molecular flexibility index (Phi) is 6.69. The van der Waals surface area contributed by atoms with Gasteiger partial charge in [-0.2, -0.15) is 0 Å². The minimum absolute atomic E-state index is 0.814. The van der Waals surface area contributed by atoms with E-state index in [2.05, 4.69) is 156 Å². The smallest absolute Gasteiger partial charge is 0.131 e. The predicted molar refractivity (Wildman–Crippen MR) is 189 cm³/mol. The van der Waals surface area contributed by atoms with E-state index < -0.39 is 0 Å². The molecule has 2 aromatic heterocycles. The van der Waals surface area contributed by atoms with Crippen LogP contribution in [0.3, 0.4) is 0 Å². The summed E-state index contributed by atoms with van der Waals surface area (Å²) < 4.78 is 2.40. The van der Waals surface area contributed by atoms with Gasteiger partial charge in [0.2, 0.25) is 0 Å². The average Bonchev–Trinajstić information content (AvgIpc) is 3.42. The normalized spacial score (nSPS) is 11.2. The maximum absolute atomic E-state index is 4.95. The van der Waals surface area contributed by atoms with Gasteiger partial charge < -0.3 is 9.88 Å². The number of anilines is 2. The van der Waals surface area contributed by atoms with Crippen LogP contribution in [0.15, 0.2) is 164 Å². The van der Waals surface area contributed by atoms with Crippen LogP contribution >= 0.6 is 0 Å². The van der Waals surface area contributed by atoms with Crippen LogP contribution in [0.4, 0.5) is 11.5 Å². The van der Waals surface area contributed by atoms with Crippen molar-refractivity contribution in [2.45, 2.75) is 6.92 Å². The molecule has 6 aromatic carbocycles. The summed E-state index contributed by atoms with van der Waals surface area (Å²) in [5.41, 5.74) is 12.5. The Morgan fingerprint density at radius 2 is 1.18 bits per heavy atom. The third-order valence-electron chi connectivity index (χ3n) is 8.53. The van der Waals surface area contributed by atoms with Crippen LogP contribution < -0.4 is 5.32 Å². The monoisotopic (exact) mass is 577 g/mol. The van der Waals surface area contributed by atoms with Crippen molar-refractivity contribution < 1.29 is 0 Å². The van der Waals surface area contributed by atoms with Gasteiger partial charge in [-0.05, 0) is 77.7 Å². The number of benzene rings is 6. The molecule has 8 aromatic rings. The van der Waals surface area contributed by atoms with E-state index in [9.17, 15) is 0 Å². The maximum Gasteiger partial charge on any atom is 0.131 e. The van der Waals surface area contributed by atoms with Crippen LogP contribution in [0.1, 0.15) is 5.56 Å². The number of hydrogen-bond donors (Lipinski definition) is 1. The third kappa shape index (κ3) is 4.95. The number of para-hydroxylation sites is 2. The van der Waals surface area contributed by atoms with Crippen molar-refractivity contribution in [3.8, 4) is 39.2 Å². The molecule has 0 fully saturated rings. The summed E-state index contributed by atoms with van der Waals surface area (Å²) in [4.78, 5) is 4.95. The Labute approximate surface area is 263 Å². The summed E-state index contributed by atoms with van der Waals surface area (Å²) in [6.07, 6.45) is 0. The number of hydrogen-bond acceptors (Lipinski definition) is 2. The zero-order valence-electron chi connectivity index (χ0n) is 25.0. The second kappa shape index (κ2) is 11.3. The molecule has 0 unspecified atom stereocenters. The molecule has 214 valence electrons. The molecular formula is C42H31N3. The van der Waals surface area contributed by atoms with Crippen LogP contribution in [-0.2, 0) is 0 Å². The summed E-state index contributed by atoms with van der Waals surface area (Å²) in [6, 6.07) is 57.8. The molecule has 0 amide bonds. The van der Waals surface area contributed by atoms with Gasteiger partial charge in [-0.1, -0.05) is 115 Å². The van der Waals surface area contributed by atoms with Crippen molar-refractivity contribution in [3.05, 3.63) is 169 Å². The van der Waals surface area contributed by atoms with Gasteiger partial charge in [-0.3, -0.25) is 0 Å². The highest BCUT2D eigenvalue weighted by Crippen LogP contribution is 2.39. The van der Waals surface area contributed by atoms with Gasteiger partial charge in [-0.15, -0.1) is 0 Å². The maximum atomic E-state index is 4.95. The fourth-order valence-corrected chi connectivity index (χ4v) is 6.39. The first-order valence-electron chi connectivity index (χ1n) is 15.3. The highest BCUT2D eigenvalue weighted by atomic mass is 15.0. The zero-order valence-corrected chi connectivity index (χ0v) is 25.0. The first-order chi connectivity index (χ1) is 22.2. The Bertz CT molecular complexity index is 2300. The topological polar surface area (TPSA) is 29.9 Å². The number of pyridine rings is 1. The summed E-state index contributed by atoms with van der Waals surface area (Å²) in [7, 11) is 0. The Balaban J connectivity index is 1.27. The van der Waals surface area contributed by atoms with Crippen molar-refractivity contribution in [2.24, 2.45) is 0 Å². The second-order valence-corrected chi connectivity index (χ2v) is 11.4. The molecule has 3 nitrogen and oxygen atoms in total. The molecule has 0 spiro atoms. The molecule has 3 heteroatoms. The lowest BCUT2D eigenvalue weighted by Crippen LogP contribution is -1.98. The molecule has 2 heterocycles. The van der Waals surface area contributed by atoms with E-state index in [1.165, 1.54) is 44.1 Å². The summed E-state index contributed by atoms with van der Waals surface area (Å²) in [6.45, 7) is 2.21. The zero-order chi connectivity index (χ0) is 30.2. The standard InChI is InChI=1S/C42H31N3/c1-29-26-37-35-21-9-11-24-40(35)45(33-19-12-18-32(27-33)30-14-4-2-5-15-30)41(37)28-36(29)34-20-8-10-22-39(34)44-42-25-13-23-38(43-42)31-16-6-3-7-17-31/h2-28H,1H3,(H,43,44). The molecule has 0 radical (unpaired) electrons. The van der Waals surface area contributed by atoms with Crippen molar-refractivity contribution in [1.82, 2.24) is 9.55 Å². The number of rotatable bonds is 6. The molecule has 8 rings (SSSR count). The number of fused-ring (bicyclic) bond motifs is 3. The number of nitrogens with zero attached hydrogens (tertiary/aromatic N) is 2. The van der Waals surface area contributed by atoms with Gasteiger partial charge in [0.05, 0.1) is 16.7 Å². The molecule has 0 aliphatic rings. The highest BCUT2D eigenvalue weighted by Gasteiger charge is 2.17. The van der Waals surface area contributed by atoms with Crippen LogP contribution in [0.5, 0.6) is 0 Å². The summed E-state index contributed by atoms with van der Waals surface area (Å²) in [5.74, 6) is 0.814. The lowest BCUT2D eigenvalue weighted by atomic mass is 9.96. The van der Waals surface area contributed by atoms with E-state index in [0.717, 1.165) is 34.0 Å². The molecule has 0 saturated carbocycles. The van der Waals surface area contributed by atoms with E-state index in [4.69, 9.17) is 4.98 Å². The van der Waals surface area contributed by atoms with Crippen molar-refractivity contribution in [1.29, 1.82) is 0 Å². The lowest BCUT2D eigenvalue weighted by molar-refractivity contribution is 1.18. The van der Waals surface area contributed by atoms with E-state index in [-0.39, 0.29) is 0 Å². The Morgan fingerprint density at radius 1 is 0.489 bits per heavy atom. The van der Waals surface area contributed by atoms with Gasteiger partial charge in [0.1, 0.15) is 5.82 Å². The number of aromatic nitrogens is 2. The van der Waals surface area contributed by atoms with E-state index >= 15 is 0 Å². The highest BCUT2D eigenvalue weighted by molar-refractivity contribution is 6.11. The van der Waals surface area contributed by atoms with Gasteiger partial charge >= 0.3 is 0 Å². The fraction of sp³-hybridized carbons (Fsp3) is 0.0238. The second-order valence-electron chi connectivity index (χ2n) is 11.4. The van der Waals surface area contributed by atoms with E-state index in [1.54, 1.807) is 0 Å². The summed E-state index contributed by atoms with van der Waals surface area (Å²) in [5, 5.41) is 6.14. The van der Waals surface area contributed by atoms with Gasteiger partial charge in [0.25, 0.3) is 0 Å². The molecule has 45 heavy (non-hydrogen) atoms. The average molecular weight is 578 g/mol. The minimum Gasteiger partial charge on any atom is -0.340 e.